The van der Waals surface area contributed by atoms with Crippen LogP contribution in [0.1, 0.15) is 39.2 Å². The van der Waals surface area contributed by atoms with Crippen LogP contribution >= 0.6 is 0 Å². The van der Waals surface area contributed by atoms with Gasteiger partial charge in [0, 0.05) is 18.2 Å². The molecule has 5 nitrogen and oxygen atoms in total. The van der Waals surface area contributed by atoms with Crippen molar-refractivity contribution in [3.8, 4) is 5.88 Å². The molecule has 0 aliphatic heterocycles. The maximum absolute atomic E-state index is 11.6. The molecule has 5 heteroatoms. The molecule has 2 aromatic heterocycles. The number of nitrogens with zero attached hydrogens (tertiary/aromatic N) is 2. The minimum absolute atomic E-state index is 0.0292. The molecule has 0 aliphatic carbocycles. The maximum atomic E-state index is 11.6. The Morgan fingerprint density at radius 2 is 2.25 bits per heavy atom. The first-order chi connectivity index (χ1) is 9.61. The van der Waals surface area contributed by atoms with Crippen LogP contribution in [-0.4, -0.2) is 26.8 Å². The minimum Gasteiger partial charge on any atom is -0.474 e. The van der Waals surface area contributed by atoms with Gasteiger partial charge in [0.15, 0.2) is 5.78 Å². The van der Waals surface area contributed by atoms with E-state index in [1.54, 1.807) is 12.2 Å². The molecular formula is C15H19N3O2. The molecule has 2 heterocycles. The third kappa shape index (κ3) is 3.23. The first-order valence-electron chi connectivity index (χ1n) is 6.81. The molecule has 0 saturated heterocycles. The van der Waals surface area contributed by atoms with E-state index < -0.39 is 0 Å². The van der Waals surface area contributed by atoms with E-state index in [1.807, 2.05) is 27.0 Å². The molecular weight excluding hydrogens is 254 g/mol. The zero-order valence-corrected chi connectivity index (χ0v) is 12.0. The molecule has 0 aromatic carbocycles. The molecule has 2 rings (SSSR count). The SMILES string of the molecule is CCCC(=O)/C=C/c1c[nH]c2ncnc(OC(C)C)c12. The van der Waals surface area contributed by atoms with Crippen LogP contribution in [0.4, 0.5) is 0 Å². The van der Waals surface area contributed by atoms with E-state index in [1.165, 1.54) is 6.33 Å². The van der Waals surface area contributed by atoms with Crippen LogP contribution in [0, 0.1) is 0 Å². The molecule has 0 bridgehead atoms. The van der Waals surface area contributed by atoms with E-state index in [0.29, 0.717) is 17.9 Å². The number of allylic oxidation sites excluding steroid dienone is 1. The Bertz CT molecular complexity index is 629. The second kappa shape index (κ2) is 6.32. The summed E-state index contributed by atoms with van der Waals surface area (Å²) in [5, 5.41) is 0.807. The average Bonchev–Trinajstić information content (AvgIpc) is 2.80. The highest BCUT2D eigenvalue weighted by Crippen LogP contribution is 2.26. The van der Waals surface area contributed by atoms with Gasteiger partial charge in [0.1, 0.15) is 12.0 Å². The highest BCUT2D eigenvalue weighted by molar-refractivity contribution is 5.97. The zero-order valence-electron chi connectivity index (χ0n) is 12.0. The lowest BCUT2D eigenvalue weighted by Gasteiger charge is -2.09. The number of H-pyrrole nitrogens is 1. The second-order valence-corrected chi connectivity index (χ2v) is 4.86. The van der Waals surface area contributed by atoms with Crippen LogP contribution in [0.25, 0.3) is 17.1 Å². The summed E-state index contributed by atoms with van der Waals surface area (Å²) in [6.45, 7) is 5.88. The Hall–Kier alpha value is -2.17. The lowest BCUT2D eigenvalue weighted by atomic mass is 10.1. The van der Waals surface area contributed by atoms with E-state index in [0.717, 1.165) is 17.4 Å². The van der Waals surface area contributed by atoms with Crippen molar-refractivity contribution < 1.29 is 9.53 Å². The Morgan fingerprint density at radius 1 is 1.45 bits per heavy atom. The average molecular weight is 273 g/mol. The van der Waals surface area contributed by atoms with Gasteiger partial charge in [-0.05, 0) is 32.4 Å². The van der Waals surface area contributed by atoms with Crippen LogP contribution < -0.4 is 4.74 Å². The quantitative estimate of drug-likeness (QED) is 0.821. The first-order valence-corrected chi connectivity index (χ1v) is 6.81. The molecule has 0 saturated carbocycles. The summed E-state index contributed by atoms with van der Waals surface area (Å²) < 4.78 is 5.69. The fraction of sp³-hybridized carbons (Fsp3) is 0.400. The highest BCUT2D eigenvalue weighted by atomic mass is 16.5. The van der Waals surface area contributed by atoms with Crippen molar-refractivity contribution in [1.29, 1.82) is 0 Å². The van der Waals surface area contributed by atoms with E-state index in [4.69, 9.17) is 4.74 Å². The van der Waals surface area contributed by atoms with Crippen molar-refractivity contribution in [2.45, 2.75) is 39.7 Å². The van der Waals surface area contributed by atoms with Gasteiger partial charge in [-0.25, -0.2) is 9.97 Å². The van der Waals surface area contributed by atoms with E-state index >= 15 is 0 Å². The number of fused-ring (bicyclic) bond motifs is 1. The van der Waals surface area contributed by atoms with Gasteiger partial charge in [0.2, 0.25) is 5.88 Å². The van der Waals surface area contributed by atoms with Crippen molar-refractivity contribution in [2.75, 3.05) is 0 Å². The van der Waals surface area contributed by atoms with Crippen molar-refractivity contribution in [1.82, 2.24) is 15.0 Å². The standard InChI is InChI=1S/C15H19N3O2/c1-4-5-12(19)7-6-11-8-16-14-13(11)15(18-9-17-14)20-10(2)3/h6-10H,4-5H2,1-3H3,(H,16,17,18)/b7-6+. The number of aromatic nitrogens is 3. The topological polar surface area (TPSA) is 67.9 Å². The number of hydrogen-bond donors (Lipinski definition) is 1. The molecule has 0 spiro atoms. The van der Waals surface area contributed by atoms with Gasteiger partial charge in [-0.2, -0.15) is 0 Å². The third-order valence-corrected chi connectivity index (χ3v) is 2.76. The van der Waals surface area contributed by atoms with Crippen LogP contribution in [0.3, 0.4) is 0 Å². The van der Waals surface area contributed by atoms with Gasteiger partial charge < -0.3 is 9.72 Å². The number of hydrogen-bond acceptors (Lipinski definition) is 4. The van der Waals surface area contributed by atoms with Crippen molar-refractivity contribution in [2.24, 2.45) is 0 Å². The Kier molecular flexibility index (Phi) is 4.50. The molecule has 0 radical (unpaired) electrons. The Morgan fingerprint density at radius 3 is 2.95 bits per heavy atom. The van der Waals surface area contributed by atoms with Crippen LogP contribution in [0.15, 0.2) is 18.6 Å². The van der Waals surface area contributed by atoms with E-state index in [9.17, 15) is 4.79 Å². The number of rotatable bonds is 6. The molecule has 0 unspecified atom stereocenters. The van der Waals surface area contributed by atoms with E-state index in [2.05, 4.69) is 15.0 Å². The number of carbonyl (C=O) groups excluding carboxylic acids is 1. The number of nitrogens with one attached hydrogen (secondary N) is 1. The summed E-state index contributed by atoms with van der Waals surface area (Å²) in [6.07, 6.45) is 8.09. The fourth-order valence-electron chi connectivity index (χ4n) is 1.91. The second-order valence-electron chi connectivity index (χ2n) is 4.86. The van der Waals surface area contributed by atoms with Gasteiger partial charge in [-0.15, -0.1) is 0 Å². The molecule has 0 aliphatic rings. The van der Waals surface area contributed by atoms with Crippen molar-refractivity contribution >= 4 is 22.9 Å². The Balaban J connectivity index is 2.36. The van der Waals surface area contributed by atoms with Gasteiger partial charge in [0.25, 0.3) is 0 Å². The van der Waals surface area contributed by atoms with Gasteiger partial charge >= 0.3 is 0 Å². The monoisotopic (exact) mass is 273 g/mol. The smallest absolute Gasteiger partial charge is 0.226 e. The number of aromatic amines is 1. The van der Waals surface area contributed by atoms with E-state index in [-0.39, 0.29) is 11.9 Å². The van der Waals surface area contributed by atoms with Crippen LogP contribution in [0.2, 0.25) is 0 Å². The summed E-state index contributed by atoms with van der Waals surface area (Å²) in [6, 6.07) is 0. The third-order valence-electron chi connectivity index (χ3n) is 2.76. The summed E-state index contributed by atoms with van der Waals surface area (Å²) in [5.74, 6) is 0.652. The highest BCUT2D eigenvalue weighted by Gasteiger charge is 2.11. The van der Waals surface area contributed by atoms with Gasteiger partial charge in [-0.3, -0.25) is 4.79 Å². The number of ether oxygens (including phenoxy) is 1. The number of carbonyl (C=O) groups is 1. The Labute approximate surface area is 118 Å². The predicted molar refractivity (Wildman–Crippen MR) is 78.6 cm³/mol. The molecule has 0 atom stereocenters. The number of ketones is 1. The lowest BCUT2D eigenvalue weighted by molar-refractivity contribution is -0.114. The maximum Gasteiger partial charge on any atom is 0.226 e. The summed E-state index contributed by atoms with van der Waals surface area (Å²) >= 11 is 0. The zero-order chi connectivity index (χ0) is 14.5. The predicted octanol–water partition coefficient (Wildman–Crippen LogP) is 3.13. The lowest BCUT2D eigenvalue weighted by Crippen LogP contribution is -2.07. The normalized spacial score (nSPS) is 11.6. The van der Waals surface area contributed by atoms with Crippen LogP contribution in [-0.2, 0) is 4.79 Å². The van der Waals surface area contributed by atoms with Gasteiger partial charge in [0.05, 0.1) is 11.5 Å². The van der Waals surface area contributed by atoms with Gasteiger partial charge in [-0.1, -0.05) is 6.92 Å². The molecule has 106 valence electrons. The largest absolute Gasteiger partial charge is 0.474 e. The minimum atomic E-state index is 0.0292. The summed E-state index contributed by atoms with van der Waals surface area (Å²) in [7, 11) is 0. The van der Waals surface area contributed by atoms with Crippen LogP contribution in [0.5, 0.6) is 5.88 Å². The summed E-state index contributed by atoms with van der Waals surface area (Å²) in [5.41, 5.74) is 1.57. The molecule has 0 fully saturated rings. The fourth-order valence-corrected chi connectivity index (χ4v) is 1.91. The molecule has 0 amide bonds. The molecule has 2 aromatic rings. The van der Waals surface area contributed by atoms with Crippen molar-refractivity contribution in [3.05, 3.63) is 24.2 Å². The molecule has 1 N–H and O–H groups in total. The first kappa shape index (κ1) is 14.2. The molecule has 20 heavy (non-hydrogen) atoms. The van der Waals surface area contributed by atoms with Crippen molar-refractivity contribution in [3.63, 3.8) is 0 Å². The summed E-state index contributed by atoms with van der Waals surface area (Å²) in [4.78, 5) is 23.0.